The van der Waals surface area contributed by atoms with Gasteiger partial charge in [0.1, 0.15) is 29.1 Å². The predicted molar refractivity (Wildman–Crippen MR) is 592 cm³/mol. The maximum absolute atomic E-state index is 5.79. The van der Waals surface area contributed by atoms with Crippen molar-refractivity contribution in [1.29, 1.82) is 0 Å². The molecule has 0 aromatic carbocycles. The Balaban J connectivity index is 0.000000113. The molecule has 16 aliphatic heterocycles. The van der Waals surface area contributed by atoms with Gasteiger partial charge in [0, 0.05) is 233 Å². The van der Waals surface area contributed by atoms with Crippen molar-refractivity contribution in [2.75, 3.05) is 251 Å². The van der Waals surface area contributed by atoms with E-state index in [-0.39, 0.29) is 0 Å². The monoisotopic (exact) mass is 1970 g/mol. The molecule has 0 radical (unpaired) electrons. The zero-order chi connectivity index (χ0) is 101. The number of rotatable bonds is 16. The molecular formula is C117H178N24O3. The van der Waals surface area contributed by atoms with Crippen LogP contribution in [0.15, 0.2) is 146 Å². The number of hydrogen-bond acceptors (Lipinski definition) is 27. The number of nitrogens with zero attached hydrogens (tertiary/aromatic N) is 21. The molecule has 16 saturated heterocycles. The lowest BCUT2D eigenvalue weighted by molar-refractivity contribution is 0.0348. The molecular weight excluding hydrogens is 1790 g/mol. The van der Waals surface area contributed by atoms with E-state index in [1.807, 2.05) is 18.6 Å². The van der Waals surface area contributed by atoms with Crippen LogP contribution in [0, 0.1) is 29.6 Å². The summed E-state index contributed by atoms with van der Waals surface area (Å²) in [6.07, 6.45) is 13.6. The summed E-state index contributed by atoms with van der Waals surface area (Å²) in [5, 5.41) is 10.2. The number of anilines is 8. The summed E-state index contributed by atoms with van der Waals surface area (Å²) in [5.41, 5.74) is 13.2. The van der Waals surface area contributed by atoms with E-state index in [2.05, 4.69) is 368 Å². The van der Waals surface area contributed by atoms with Crippen molar-refractivity contribution in [2.45, 2.75) is 257 Å². The number of likely N-dealkylation sites (N-methyl/N-ethyl adjacent to an activating group) is 5. The van der Waals surface area contributed by atoms with Crippen LogP contribution < -0.4 is 55.1 Å². The van der Waals surface area contributed by atoms with Gasteiger partial charge in [-0.15, -0.1) is 0 Å². The Hall–Kier alpha value is -8.84. The van der Waals surface area contributed by atoms with Crippen molar-refractivity contribution in [3.05, 3.63) is 192 Å². The van der Waals surface area contributed by atoms with Crippen molar-refractivity contribution in [3.63, 3.8) is 0 Å². The van der Waals surface area contributed by atoms with Gasteiger partial charge in [0.2, 0.25) is 0 Å². The molecule has 27 heteroatoms. The summed E-state index contributed by atoms with van der Waals surface area (Å²) < 4.78 is 17.4. The number of likely N-dealkylation sites (tertiary alicyclic amines) is 5. The van der Waals surface area contributed by atoms with Gasteiger partial charge in [-0.1, -0.05) is 141 Å². The first-order valence-corrected chi connectivity index (χ1v) is 55.8. The highest BCUT2D eigenvalue weighted by atomic mass is 16.5. The lowest BCUT2D eigenvalue weighted by atomic mass is 10.1. The number of morpholine rings is 3. The Morgan fingerprint density at radius 1 is 0.229 bits per heavy atom. The van der Waals surface area contributed by atoms with Crippen molar-refractivity contribution >= 4 is 46.2 Å². The summed E-state index contributed by atoms with van der Waals surface area (Å²) in [4.78, 5) is 70.1. The highest BCUT2D eigenvalue weighted by molar-refractivity contribution is 5.53. The second kappa shape index (κ2) is 49.1. The van der Waals surface area contributed by atoms with Crippen LogP contribution in [0.1, 0.15) is 236 Å². The molecule has 24 rings (SSSR count). The summed E-state index contributed by atoms with van der Waals surface area (Å²) >= 11 is 0. The molecule has 24 heterocycles. The second-order valence-corrected chi connectivity index (χ2v) is 46.8. The molecule has 0 saturated carbocycles. The Bertz CT molecular complexity index is 4640. The smallest absolute Gasteiger partial charge is 0.129 e. The molecule has 16 fully saturated rings. The van der Waals surface area contributed by atoms with E-state index in [0.717, 1.165) is 125 Å². The fourth-order valence-electron chi connectivity index (χ4n) is 25.3. The molecule has 27 nitrogen and oxygen atoms in total. The van der Waals surface area contributed by atoms with Gasteiger partial charge >= 0.3 is 0 Å². The average Bonchev–Trinajstić information content (AvgIpc) is 1.65. The van der Waals surface area contributed by atoms with Crippen LogP contribution in [0.2, 0.25) is 0 Å². The standard InChI is InChI=1S/5C15H23N3.3C14H21N3O/c5*1-11(2)13-5-4-6-15(16-13)18-8-7-12-9-17(3)10-14(12)18;3*1-10(2)12-4-3-11(7-16-12)17-5-6-18-14-9-15-8-13(14)17/h5*4-6,11-12,14H,7-10H2,1-3H3;3*3-4,7,10,13-15H,5-6,8-9H2,1-2H3/t2*12-,14+;2*12-,14-;;2*13-,14+;/m1010.10./s1. The van der Waals surface area contributed by atoms with E-state index in [1.54, 1.807) is 0 Å². The number of pyridine rings is 8. The molecule has 144 heavy (non-hydrogen) atoms. The summed E-state index contributed by atoms with van der Waals surface area (Å²) in [5.74, 6) is 14.2. The Kier molecular flexibility index (Phi) is 36.3. The topological polar surface area (TPSA) is 209 Å². The minimum absolute atomic E-state index is 0.337. The van der Waals surface area contributed by atoms with Crippen LogP contribution in [0.4, 0.5) is 46.2 Å². The van der Waals surface area contributed by atoms with E-state index >= 15 is 0 Å². The Labute approximate surface area is 865 Å². The zero-order valence-electron chi connectivity index (χ0n) is 91.5. The van der Waals surface area contributed by atoms with E-state index in [1.165, 1.54) is 205 Å². The molecule has 0 bridgehead atoms. The Morgan fingerprint density at radius 2 is 0.438 bits per heavy atom. The van der Waals surface area contributed by atoms with Gasteiger partial charge in [-0.05, 0) is 241 Å². The van der Waals surface area contributed by atoms with Gasteiger partial charge in [0.15, 0.2) is 0 Å². The molecule has 784 valence electrons. The van der Waals surface area contributed by atoms with Gasteiger partial charge in [0.05, 0.1) is 91.9 Å². The maximum atomic E-state index is 5.79. The van der Waals surface area contributed by atoms with Gasteiger partial charge < -0.3 is 93.9 Å². The third kappa shape index (κ3) is 25.8. The van der Waals surface area contributed by atoms with Crippen LogP contribution in [-0.2, 0) is 14.2 Å². The first-order valence-electron chi connectivity index (χ1n) is 55.8. The van der Waals surface area contributed by atoms with E-state index in [0.29, 0.717) is 114 Å². The fourth-order valence-corrected chi connectivity index (χ4v) is 25.3. The first-order chi connectivity index (χ1) is 69.5. The molecule has 3 N–H and O–H groups in total. The van der Waals surface area contributed by atoms with E-state index in [9.17, 15) is 0 Å². The third-order valence-corrected chi connectivity index (χ3v) is 33.5. The molecule has 0 aliphatic carbocycles. The number of fused-ring (bicyclic) bond motifs is 8. The van der Waals surface area contributed by atoms with Crippen LogP contribution in [-0.4, -0.2) is 343 Å². The molecule has 4 unspecified atom stereocenters. The first kappa shape index (κ1) is 106. The van der Waals surface area contributed by atoms with E-state index in [4.69, 9.17) is 39.1 Å². The summed E-state index contributed by atoms with van der Waals surface area (Å²) in [7, 11) is 11.2. The van der Waals surface area contributed by atoms with Crippen molar-refractivity contribution in [3.8, 4) is 0 Å². The SMILES string of the molecule is CC(C)c1ccc(N2CCOC3CNCC32)cn1.CC(C)c1ccc(N2CCO[C@@H]3CNC[C@@H]32)cn1.CC(C)c1ccc(N2CCO[C@H]3CNC[C@H]32)cn1.CC(C)c1cccc(N2CCC3CN(C)CC32)n1.CC(C)c1cccc(N2CC[C@@H]3CN(C)C[C@@H]32)n1.CC(C)c1cccc(N2CC[C@@H]3CN(C)C[C@H]32)n1.CC(C)c1cccc(N2CC[C@H]3CN(C)C[C@@H]32)n1.CC(C)c1cccc(N2CC[C@H]3CN(C)C[C@H]32)n1. The van der Waals surface area contributed by atoms with Gasteiger partial charge in [0.25, 0.3) is 0 Å². The van der Waals surface area contributed by atoms with E-state index < -0.39 is 0 Å². The third-order valence-electron chi connectivity index (χ3n) is 33.5. The minimum Gasteiger partial charge on any atom is -0.373 e. The molecule has 0 amide bonds. The average molecular weight is 1970 g/mol. The van der Waals surface area contributed by atoms with Crippen molar-refractivity contribution in [2.24, 2.45) is 29.6 Å². The van der Waals surface area contributed by atoms with Gasteiger partial charge in [-0.3, -0.25) is 15.0 Å². The van der Waals surface area contributed by atoms with Gasteiger partial charge in [-0.25, -0.2) is 24.9 Å². The number of nitrogens with one attached hydrogen (secondary N) is 3. The van der Waals surface area contributed by atoms with Crippen LogP contribution >= 0.6 is 0 Å². The normalized spacial score (nSPS) is 27.9. The second-order valence-electron chi connectivity index (χ2n) is 46.8. The predicted octanol–water partition coefficient (Wildman–Crippen LogP) is 15.9. The van der Waals surface area contributed by atoms with Gasteiger partial charge in [-0.2, -0.15) is 0 Å². The lowest BCUT2D eigenvalue weighted by Crippen LogP contribution is -2.51. The molecule has 8 aromatic rings. The Morgan fingerprint density at radius 3 is 0.625 bits per heavy atom. The maximum Gasteiger partial charge on any atom is 0.129 e. The van der Waals surface area contributed by atoms with Crippen molar-refractivity contribution in [1.82, 2.24) is 80.3 Å². The molecule has 8 aromatic heterocycles. The highest BCUT2D eigenvalue weighted by Gasteiger charge is 2.47. The summed E-state index contributed by atoms with van der Waals surface area (Å²) in [6.45, 7) is 64.6. The minimum atomic E-state index is 0.337. The largest absolute Gasteiger partial charge is 0.373 e. The fraction of sp³-hybridized carbons (Fsp3) is 0.658. The number of hydrogen-bond donors (Lipinski definition) is 3. The molecule has 0 spiro atoms. The summed E-state index contributed by atoms with van der Waals surface area (Å²) in [6, 6.07) is 50.2. The highest BCUT2D eigenvalue weighted by Crippen LogP contribution is 2.42. The van der Waals surface area contributed by atoms with Crippen LogP contribution in [0.5, 0.6) is 0 Å². The van der Waals surface area contributed by atoms with Crippen LogP contribution in [0.3, 0.4) is 0 Å². The molecule has 16 atom stereocenters. The van der Waals surface area contributed by atoms with Crippen molar-refractivity contribution < 1.29 is 14.2 Å². The van der Waals surface area contributed by atoms with Crippen LogP contribution in [0.25, 0.3) is 0 Å². The zero-order valence-corrected chi connectivity index (χ0v) is 91.5. The number of aromatic nitrogens is 8. The number of ether oxygens (including phenoxy) is 3. The lowest BCUT2D eigenvalue weighted by Gasteiger charge is -2.38. The quantitative estimate of drug-likeness (QED) is 0.0821. The molecule has 16 aliphatic rings.